The molecule has 5 nitrogen and oxygen atoms in total. The van der Waals surface area contributed by atoms with Gasteiger partial charge in [0.15, 0.2) is 4.34 Å². The predicted octanol–water partition coefficient (Wildman–Crippen LogP) is 4.43. The predicted molar refractivity (Wildman–Crippen MR) is 109 cm³/mol. The summed E-state index contributed by atoms with van der Waals surface area (Å²) in [5.41, 5.74) is 2.18. The Bertz CT molecular complexity index is 682. The number of aromatic nitrogens is 2. The summed E-state index contributed by atoms with van der Waals surface area (Å²) in [4.78, 5) is 0. The molecule has 1 fully saturated rings. The van der Waals surface area contributed by atoms with E-state index in [4.69, 9.17) is 4.74 Å². The third kappa shape index (κ3) is 5.59. The van der Waals surface area contributed by atoms with Crippen molar-refractivity contribution in [1.29, 1.82) is 0 Å². The van der Waals surface area contributed by atoms with Crippen molar-refractivity contribution in [2.45, 2.75) is 62.4 Å². The molecule has 0 amide bonds. The van der Waals surface area contributed by atoms with Crippen molar-refractivity contribution < 1.29 is 9.84 Å². The molecule has 1 aromatic carbocycles. The van der Waals surface area contributed by atoms with Crippen LogP contribution in [0.2, 0.25) is 0 Å². The van der Waals surface area contributed by atoms with E-state index in [2.05, 4.69) is 15.5 Å². The molecule has 0 aliphatic heterocycles. The van der Waals surface area contributed by atoms with Gasteiger partial charge in [-0.1, -0.05) is 60.6 Å². The lowest BCUT2D eigenvalue weighted by atomic mass is 9.96. The number of hydrogen-bond acceptors (Lipinski definition) is 7. The fourth-order valence-corrected chi connectivity index (χ4v) is 4.93. The lowest BCUT2D eigenvalue weighted by Crippen LogP contribution is -2.21. The van der Waals surface area contributed by atoms with Gasteiger partial charge in [-0.25, -0.2) is 0 Å². The molecule has 2 aromatic rings. The summed E-state index contributed by atoms with van der Waals surface area (Å²) in [7, 11) is 0. The van der Waals surface area contributed by atoms with Gasteiger partial charge in [0.05, 0.1) is 6.10 Å². The van der Waals surface area contributed by atoms with Crippen molar-refractivity contribution in [2.24, 2.45) is 0 Å². The van der Waals surface area contributed by atoms with Gasteiger partial charge in [-0.2, -0.15) is 0 Å². The molecular formula is C19H27N3O2S2. The maximum absolute atomic E-state index is 10.2. The highest BCUT2D eigenvalue weighted by atomic mass is 32.2. The number of aryl methyl sites for hydroxylation is 2. The Balaban J connectivity index is 1.42. The van der Waals surface area contributed by atoms with Crippen LogP contribution in [0.25, 0.3) is 0 Å². The van der Waals surface area contributed by atoms with E-state index < -0.39 is 6.10 Å². The Hall–Kier alpha value is -1.31. The number of aliphatic hydroxyl groups is 1. The first-order valence-corrected chi connectivity index (χ1v) is 11.0. The molecule has 1 heterocycles. The minimum absolute atomic E-state index is 0.282. The number of thioether (sulfide) groups is 1. The van der Waals surface area contributed by atoms with Crippen molar-refractivity contribution >= 4 is 28.2 Å². The highest BCUT2D eigenvalue weighted by molar-refractivity contribution is 8.01. The van der Waals surface area contributed by atoms with Crippen LogP contribution in [0.3, 0.4) is 0 Å². The molecule has 1 unspecified atom stereocenters. The minimum Gasteiger partial charge on any atom is -0.490 e. The SMILES string of the molecule is Cc1cccc(C)c1OCC(O)CSc1nnc(NC2CCCCC2)s1. The van der Waals surface area contributed by atoms with Gasteiger partial charge in [0.1, 0.15) is 12.4 Å². The van der Waals surface area contributed by atoms with Crippen molar-refractivity contribution in [3.8, 4) is 5.75 Å². The first kappa shape index (κ1) is 19.5. The zero-order valence-corrected chi connectivity index (χ0v) is 17.0. The van der Waals surface area contributed by atoms with Gasteiger partial charge < -0.3 is 15.2 Å². The van der Waals surface area contributed by atoms with Gasteiger partial charge in [-0.3, -0.25) is 0 Å². The third-order valence-corrected chi connectivity index (χ3v) is 6.70. The topological polar surface area (TPSA) is 67.3 Å². The molecule has 3 rings (SSSR count). The van der Waals surface area contributed by atoms with Crippen LogP contribution in [0.15, 0.2) is 22.5 Å². The van der Waals surface area contributed by atoms with Gasteiger partial charge in [-0.15, -0.1) is 10.2 Å². The smallest absolute Gasteiger partial charge is 0.206 e. The molecule has 2 N–H and O–H groups in total. The number of nitrogens with one attached hydrogen (secondary N) is 1. The lowest BCUT2D eigenvalue weighted by Gasteiger charge is -2.21. The average Bonchev–Trinajstić information content (AvgIpc) is 3.08. The first-order chi connectivity index (χ1) is 12.6. The summed E-state index contributed by atoms with van der Waals surface area (Å²) in [5, 5.41) is 23.0. The molecule has 1 aliphatic rings. The summed E-state index contributed by atoms with van der Waals surface area (Å²) < 4.78 is 6.70. The van der Waals surface area contributed by atoms with E-state index in [-0.39, 0.29) is 6.61 Å². The van der Waals surface area contributed by atoms with Crippen molar-refractivity contribution in [3.05, 3.63) is 29.3 Å². The Kier molecular flexibility index (Phi) is 7.16. The molecule has 1 saturated carbocycles. The Labute approximate surface area is 163 Å². The summed E-state index contributed by atoms with van der Waals surface area (Å²) in [6.45, 7) is 4.32. The molecule has 0 radical (unpaired) electrons. The van der Waals surface area contributed by atoms with Crippen LogP contribution >= 0.6 is 23.1 Å². The Morgan fingerprint density at radius 3 is 2.69 bits per heavy atom. The van der Waals surface area contributed by atoms with E-state index in [0.717, 1.165) is 26.3 Å². The van der Waals surface area contributed by atoms with Crippen LogP contribution in [-0.4, -0.2) is 39.8 Å². The van der Waals surface area contributed by atoms with Crippen LogP contribution in [0.4, 0.5) is 5.13 Å². The zero-order valence-electron chi connectivity index (χ0n) is 15.4. The van der Waals surface area contributed by atoms with Gasteiger partial charge in [-0.05, 0) is 37.8 Å². The lowest BCUT2D eigenvalue weighted by molar-refractivity contribution is 0.125. The fourth-order valence-electron chi connectivity index (χ4n) is 3.17. The second-order valence-corrected chi connectivity index (χ2v) is 9.09. The molecule has 0 spiro atoms. The van der Waals surface area contributed by atoms with Crippen molar-refractivity contribution in [1.82, 2.24) is 10.2 Å². The van der Waals surface area contributed by atoms with E-state index >= 15 is 0 Å². The second kappa shape index (κ2) is 9.58. The van der Waals surface area contributed by atoms with E-state index in [1.54, 1.807) is 11.3 Å². The number of hydrogen-bond donors (Lipinski definition) is 2. The number of nitrogens with zero attached hydrogens (tertiary/aromatic N) is 2. The van der Waals surface area contributed by atoms with Crippen molar-refractivity contribution in [3.63, 3.8) is 0 Å². The summed E-state index contributed by atoms with van der Waals surface area (Å²) >= 11 is 3.10. The van der Waals surface area contributed by atoms with E-state index in [1.165, 1.54) is 43.9 Å². The normalized spacial score (nSPS) is 16.4. The van der Waals surface area contributed by atoms with Gasteiger partial charge >= 0.3 is 0 Å². The molecule has 142 valence electrons. The van der Waals surface area contributed by atoms with Crippen LogP contribution < -0.4 is 10.1 Å². The number of rotatable bonds is 8. The summed E-state index contributed by atoms with van der Waals surface area (Å²) in [6, 6.07) is 6.58. The van der Waals surface area contributed by atoms with Gasteiger partial charge in [0.2, 0.25) is 5.13 Å². The second-order valence-electron chi connectivity index (χ2n) is 6.85. The highest BCUT2D eigenvalue weighted by Crippen LogP contribution is 2.29. The summed E-state index contributed by atoms with van der Waals surface area (Å²) in [6.07, 6.45) is 5.83. The molecule has 1 atom stereocenters. The van der Waals surface area contributed by atoms with Gasteiger partial charge in [0.25, 0.3) is 0 Å². The molecule has 0 bridgehead atoms. The molecule has 7 heteroatoms. The maximum Gasteiger partial charge on any atom is 0.206 e. The van der Waals surface area contributed by atoms with Crippen LogP contribution in [0.5, 0.6) is 5.75 Å². The standard InChI is InChI=1S/C19H27N3O2S2/c1-13-7-6-8-14(2)17(13)24-11-16(23)12-25-19-22-21-18(26-19)20-15-9-4-3-5-10-15/h6-8,15-16,23H,3-5,9-12H2,1-2H3,(H,20,21). The molecule has 1 aliphatic carbocycles. The largest absolute Gasteiger partial charge is 0.490 e. The number of ether oxygens (including phenoxy) is 1. The number of aliphatic hydroxyl groups excluding tert-OH is 1. The molecular weight excluding hydrogens is 366 g/mol. The zero-order chi connectivity index (χ0) is 18.4. The minimum atomic E-state index is -0.544. The van der Waals surface area contributed by atoms with Crippen LogP contribution in [0, 0.1) is 13.8 Å². The quantitative estimate of drug-likeness (QED) is 0.647. The number of para-hydroxylation sites is 1. The van der Waals surface area contributed by atoms with Crippen LogP contribution in [-0.2, 0) is 0 Å². The Morgan fingerprint density at radius 2 is 1.96 bits per heavy atom. The molecule has 1 aromatic heterocycles. The van der Waals surface area contributed by atoms with Crippen molar-refractivity contribution in [2.75, 3.05) is 17.7 Å². The third-order valence-electron chi connectivity index (χ3n) is 4.57. The Morgan fingerprint density at radius 1 is 1.23 bits per heavy atom. The average molecular weight is 394 g/mol. The summed E-state index contributed by atoms with van der Waals surface area (Å²) in [5.74, 6) is 1.41. The van der Waals surface area contributed by atoms with E-state index in [1.807, 2.05) is 32.0 Å². The number of anilines is 1. The monoisotopic (exact) mass is 393 g/mol. The maximum atomic E-state index is 10.2. The molecule has 26 heavy (non-hydrogen) atoms. The first-order valence-electron chi connectivity index (χ1n) is 9.21. The van der Waals surface area contributed by atoms with E-state index in [0.29, 0.717) is 11.8 Å². The van der Waals surface area contributed by atoms with E-state index in [9.17, 15) is 5.11 Å². The van der Waals surface area contributed by atoms with Gasteiger partial charge in [0, 0.05) is 11.8 Å². The number of benzene rings is 1. The fraction of sp³-hybridized carbons (Fsp3) is 0.579. The highest BCUT2D eigenvalue weighted by Gasteiger charge is 2.16. The van der Waals surface area contributed by atoms with Crippen LogP contribution in [0.1, 0.15) is 43.2 Å². The molecule has 0 saturated heterocycles.